The Balaban J connectivity index is 3.19. The fourth-order valence-electron chi connectivity index (χ4n) is 2.27. The molecule has 0 radical (unpaired) electrons. The van der Waals surface area contributed by atoms with Gasteiger partial charge in [-0.25, -0.2) is 0 Å². The summed E-state index contributed by atoms with van der Waals surface area (Å²) >= 11 is 3.01. The van der Waals surface area contributed by atoms with E-state index in [1.165, 1.54) is 12.1 Å². The lowest BCUT2D eigenvalue weighted by molar-refractivity contribution is -0.138. The van der Waals surface area contributed by atoms with E-state index in [0.29, 0.717) is 23.7 Å². The van der Waals surface area contributed by atoms with Crippen molar-refractivity contribution in [2.24, 2.45) is 0 Å². The van der Waals surface area contributed by atoms with Crippen LogP contribution < -0.4 is 5.32 Å². The third-order valence-corrected chi connectivity index (χ3v) is 4.43. The van der Waals surface area contributed by atoms with E-state index in [2.05, 4.69) is 21.2 Å². The van der Waals surface area contributed by atoms with Gasteiger partial charge in [-0.1, -0.05) is 36.7 Å². The summed E-state index contributed by atoms with van der Waals surface area (Å²) in [5, 5.41) is 2.77. The fourth-order valence-corrected chi connectivity index (χ4v) is 2.63. The summed E-state index contributed by atoms with van der Waals surface area (Å²) in [5.41, 5.74) is -1.73. The maximum absolute atomic E-state index is 13.1. The molecule has 0 saturated carbocycles. The van der Waals surface area contributed by atoms with Gasteiger partial charge in [-0.15, -0.1) is 0 Å². The van der Waals surface area contributed by atoms with Crippen molar-refractivity contribution < 1.29 is 18.0 Å². The highest BCUT2D eigenvalue weighted by molar-refractivity contribution is 9.10. The standard InChI is InChI=1S/C15H19BrF3NO/c1-4-14(5-2,6-3)20-13(21)11-8-7-10(16)9-12(11)15(17,18)19/h7-9H,4-6H2,1-3H3,(H,20,21). The summed E-state index contributed by atoms with van der Waals surface area (Å²) in [6.45, 7) is 5.75. The second-order valence-electron chi connectivity index (χ2n) is 4.98. The average Bonchev–Trinajstić information content (AvgIpc) is 2.43. The Hall–Kier alpha value is -1.04. The lowest BCUT2D eigenvalue weighted by Gasteiger charge is -2.32. The van der Waals surface area contributed by atoms with Crippen LogP contribution in [0, 0.1) is 0 Å². The molecule has 0 unspecified atom stereocenters. The van der Waals surface area contributed by atoms with E-state index in [1.807, 2.05) is 20.8 Å². The largest absolute Gasteiger partial charge is 0.417 e. The van der Waals surface area contributed by atoms with Gasteiger partial charge in [-0.2, -0.15) is 13.2 Å². The van der Waals surface area contributed by atoms with Crippen LogP contribution in [-0.4, -0.2) is 11.4 Å². The van der Waals surface area contributed by atoms with Gasteiger partial charge in [-0.05, 0) is 37.5 Å². The number of nitrogens with one attached hydrogen (secondary N) is 1. The molecule has 0 aliphatic rings. The average molecular weight is 366 g/mol. The summed E-state index contributed by atoms with van der Waals surface area (Å²) in [6, 6.07) is 3.57. The van der Waals surface area contributed by atoms with Gasteiger partial charge in [-0.3, -0.25) is 4.79 Å². The van der Waals surface area contributed by atoms with Gasteiger partial charge in [0.25, 0.3) is 5.91 Å². The molecule has 0 heterocycles. The third-order valence-electron chi connectivity index (χ3n) is 3.94. The summed E-state index contributed by atoms with van der Waals surface area (Å²) in [7, 11) is 0. The van der Waals surface area contributed by atoms with Crippen molar-refractivity contribution in [2.75, 3.05) is 0 Å². The minimum absolute atomic E-state index is 0.291. The Morgan fingerprint density at radius 2 is 1.67 bits per heavy atom. The Morgan fingerprint density at radius 3 is 2.10 bits per heavy atom. The number of rotatable bonds is 5. The molecular formula is C15H19BrF3NO. The molecule has 1 N–H and O–H groups in total. The number of carbonyl (C=O) groups excluding carboxylic acids is 1. The van der Waals surface area contributed by atoms with Gasteiger partial charge >= 0.3 is 6.18 Å². The van der Waals surface area contributed by atoms with E-state index < -0.39 is 23.2 Å². The number of alkyl halides is 3. The Morgan fingerprint density at radius 1 is 1.14 bits per heavy atom. The highest BCUT2D eigenvalue weighted by atomic mass is 79.9. The van der Waals surface area contributed by atoms with Crippen LogP contribution in [0.5, 0.6) is 0 Å². The Labute approximate surface area is 131 Å². The molecule has 0 aliphatic carbocycles. The highest BCUT2D eigenvalue weighted by Gasteiger charge is 2.36. The van der Waals surface area contributed by atoms with Crippen LogP contribution in [-0.2, 0) is 6.18 Å². The van der Waals surface area contributed by atoms with Crippen molar-refractivity contribution in [3.05, 3.63) is 33.8 Å². The SMILES string of the molecule is CCC(CC)(CC)NC(=O)c1ccc(Br)cc1C(F)(F)F. The second-order valence-corrected chi connectivity index (χ2v) is 5.90. The molecule has 118 valence electrons. The molecule has 6 heteroatoms. The minimum atomic E-state index is -4.57. The number of carbonyl (C=O) groups is 1. The molecule has 0 atom stereocenters. The normalized spacial score (nSPS) is 12.3. The molecule has 0 saturated heterocycles. The van der Waals surface area contributed by atoms with E-state index in [4.69, 9.17) is 0 Å². The molecule has 0 aromatic heterocycles. The summed E-state index contributed by atoms with van der Waals surface area (Å²) in [5.74, 6) is -0.680. The predicted molar refractivity (Wildman–Crippen MR) is 80.2 cm³/mol. The van der Waals surface area contributed by atoms with Crippen molar-refractivity contribution >= 4 is 21.8 Å². The number of benzene rings is 1. The van der Waals surface area contributed by atoms with E-state index in [-0.39, 0.29) is 5.56 Å². The van der Waals surface area contributed by atoms with Gasteiger partial charge in [0.15, 0.2) is 0 Å². The van der Waals surface area contributed by atoms with E-state index in [0.717, 1.165) is 6.07 Å². The smallest absolute Gasteiger partial charge is 0.347 e. The molecule has 21 heavy (non-hydrogen) atoms. The van der Waals surface area contributed by atoms with Crippen LogP contribution in [0.1, 0.15) is 56.0 Å². The third kappa shape index (κ3) is 4.22. The molecule has 1 aromatic rings. The number of halogens is 4. The Bertz CT molecular complexity index is 502. The van der Waals surface area contributed by atoms with Crippen LogP contribution in [0.4, 0.5) is 13.2 Å². The molecule has 0 fully saturated rings. The van der Waals surface area contributed by atoms with E-state index in [1.54, 1.807) is 0 Å². The molecule has 0 bridgehead atoms. The second kappa shape index (κ2) is 6.81. The van der Waals surface area contributed by atoms with Gasteiger partial charge < -0.3 is 5.32 Å². The van der Waals surface area contributed by atoms with E-state index >= 15 is 0 Å². The first-order valence-corrected chi connectivity index (χ1v) is 7.67. The van der Waals surface area contributed by atoms with Crippen molar-refractivity contribution in [1.29, 1.82) is 0 Å². The zero-order chi connectivity index (χ0) is 16.3. The van der Waals surface area contributed by atoms with Crippen LogP contribution >= 0.6 is 15.9 Å². The van der Waals surface area contributed by atoms with Crippen LogP contribution in [0.25, 0.3) is 0 Å². The maximum atomic E-state index is 13.1. The van der Waals surface area contributed by atoms with Gasteiger partial charge in [0.2, 0.25) is 0 Å². The first-order chi connectivity index (χ1) is 9.69. The summed E-state index contributed by atoms with van der Waals surface area (Å²) < 4.78 is 39.5. The predicted octanol–water partition coefficient (Wildman–Crippen LogP) is 5.17. The van der Waals surface area contributed by atoms with Gasteiger partial charge in [0.05, 0.1) is 11.1 Å². The number of hydrogen-bond acceptors (Lipinski definition) is 1. The number of hydrogen-bond donors (Lipinski definition) is 1. The number of amides is 1. The molecule has 2 nitrogen and oxygen atoms in total. The quantitative estimate of drug-likeness (QED) is 0.766. The molecule has 1 aromatic carbocycles. The highest BCUT2D eigenvalue weighted by Crippen LogP contribution is 2.34. The van der Waals surface area contributed by atoms with Crippen LogP contribution in [0.2, 0.25) is 0 Å². The summed E-state index contributed by atoms with van der Waals surface area (Å²) in [4.78, 5) is 12.3. The fraction of sp³-hybridized carbons (Fsp3) is 0.533. The lowest BCUT2D eigenvalue weighted by atomic mass is 9.89. The van der Waals surface area contributed by atoms with Gasteiger partial charge in [0, 0.05) is 10.0 Å². The van der Waals surface area contributed by atoms with Crippen molar-refractivity contribution in [3.63, 3.8) is 0 Å². The molecule has 0 aliphatic heterocycles. The first-order valence-electron chi connectivity index (χ1n) is 6.88. The maximum Gasteiger partial charge on any atom is 0.417 e. The van der Waals surface area contributed by atoms with E-state index in [9.17, 15) is 18.0 Å². The zero-order valence-electron chi connectivity index (χ0n) is 12.3. The lowest BCUT2D eigenvalue weighted by Crippen LogP contribution is -2.47. The molecule has 1 amide bonds. The molecule has 1 rings (SSSR count). The van der Waals surface area contributed by atoms with Crippen molar-refractivity contribution in [1.82, 2.24) is 5.32 Å². The van der Waals surface area contributed by atoms with Gasteiger partial charge in [0.1, 0.15) is 0 Å². The van der Waals surface area contributed by atoms with Crippen molar-refractivity contribution in [3.8, 4) is 0 Å². The summed E-state index contributed by atoms with van der Waals surface area (Å²) in [6.07, 6.45) is -2.55. The Kier molecular flexibility index (Phi) is 5.84. The molecular weight excluding hydrogens is 347 g/mol. The monoisotopic (exact) mass is 365 g/mol. The van der Waals surface area contributed by atoms with Crippen LogP contribution in [0.3, 0.4) is 0 Å². The zero-order valence-corrected chi connectivity index (χ0v) is 13.9. The van der Waals surface area contributed by atoms with Crippen LogP contribution in [0.15, 0.2) is 22.7 Å². The van der Waals surface area contributed by atoms with Crippen molar-refractivity contribution in [2.45, 2.75) is 51.7 Å². The topological polar surface area (TPSA) is 29.1 Å². The molecule has 0 spiro atoms. The minimum Gasteiger partial charge on any atom is -0.347 e. The first kappa shape index (κ1) is 18.0.